The number of nitriles is 1. The molecule has 0 bridgehead atoms. The lowest BCUT2D eigenvalue weighted by Crippen LogP contribution is -2.37. The molecule has 1 N–H and O–H groups in total. The maximum absolute atomic E-state index is 12.8. The molecule has 0 radical (unpaired) electrons. The first kappa shape index (κ1) is 17.5. The van der Waals surface area contributed by atoms with E-state index in [0.717, 1.165) is 15.5 Å². The Morgan fingerprint density at radius 3 is 2.92 bits per heavy atom. The second-order valence-electron chi connectivity index (χ2n) is 5.40. The number of rotatable bonds is 5. The van der Waals surface area contributed by atoms with Gasteiger partial charge in [0.05, 0.1) is 15.7 Å². The Morgan fingerprint density at radius 2 is 2.21 bits per heavy atom. The van der Waals surface area contributed by atoms with Crippen molar-refractivity contribution in [1.82, 2.24) is 4.31 Å². The summed E-state index contributed by atoms with van der Waals surface area (Å²) in [5.41, 5.74) is 0. The van der Waals surface area contributed by atoms with Crippen LogP contribution in [0.25, 0.3) is 0 Å². The van der Waals surface area contributed by atoms with E-state index in [9.17, 15) is 13.5 Å². The summed E-state index contributed by atoms with van der Waals surface area (Å²) in [6.45, 7) is 0.293. The van der Waals surface area contributed by atoms with Gasteiger partial charge in [-0.2, -0.15) is 9.57 Å². The van der Waals surface area contributed by atoms with Gasteiger partial charge in [-0.25, -0.2) is 8.42 Å². The molecule has 0 amide bonds. The van der Waals surface area contributed by atoms with Gasteiger partial charge in [0.2, 0.25) is 10.0 Å². The molecule has 2 heterocycles. The number of hydrogen-bond donors (Lipinski definition) is 1. The van der Waals surface area contributed by atoms with Crippen molar-refractivity contribution in [1.29, 1.82) is 5.26 Å². The zero-order chi connectivity index (χ0) is 17.2. The Hall–Kier alpha value is -1.37. The smallest absolute Gasteiger partial charge is 0.243 e. The number of nitrogens with zero attached hydrogens (tertiary/aromatic N) is 2. The monoisotopic (exact) mass is 380 g/mol. The van der Waals surface area contributed by atoms with Crippen LogP contribution in [0.15, 0.2) is 50.4 Å². The molecule has 2 aromatic rings. The molecule has 1 saturated heterocycles. The molecule has 0 spiro atoms. The zero-order valence-electron chi connectivity index (χ0n) is 12.8. The first-order valence-electron chi connectivity index (χ1n) is 7.45. The van der Waals surface area contributed by atoms with Gasteiger partial charge in [-0.15, -0.1) is 11.3 Å². The van der Waals surface area contributed by atoms with Gasteiger partial charge in [-0.05, 0) is 43.2 Å². The Labute approximate surface area is 149 Å². The normalized spacial score (nSPS) is 18.6. The van der Waals surface area contributed by atoms with Gasteiger partial charge in [0.25, 0.3) is 0 Å². The van der Waals surface area contributed by atoms with Crippen molar-refractivity contribution in [3.05, 3.63) is 41.3 Å². The van der Waals surface area contributed by atoms with Crippen LogP contribution in [0, 0.1) is 11.3 Å². The molecular formula is C16H16N2O3S3. The molecule has 1 fully saturated rings. The van der Waals surface area contributed by atoms with Crippen LogP contribution < -0.4 is 0 Å². The summed E-state index contributed by atoms with van der Waals surface area (Å²) in [5.74, 6) is 0. The van der Waals surface area contributed by atoms with Crippen molar-refractivity contribution >= 4 is 33.1 Å². The average molecular weight is 381 g/mol. The van der Waals surface area contributed by atoms with Crippen LogP contribution >= 0.6 is 23.1 Å². The molecule has 0 aliphatic carbocycles. The van der Waals surface area contributed by atoms with Crippen molar-refractivity contribution < 1.29 is 13.5 Å². The molecule has 8 heteroatoms. The highest BCUT2D eigenvalue weighted by Crippen LogP contribution is 2.35. The Balaban J connectivity index is 1.85. The van der Waals surface area contributed by atoms with E-state index < -0.39 is 10.0 Å². The fraction of sp³-hybridized carbons (Fsp3) is 0.312. The first-order valence-corrected chi connectivity index (χ1v) is 10.5. The van der Waals surface area contributed by atoms with E-state index in [1.165, 1.54) is 27.4 Å². The maximum Gasteiger partial charge on any atom is 0.243 e. The third-order valence-corrected chi connectivity index (χ3v) is 7.92. The van der Waals surface area contributed by atoms with E-state index in [-0.39, 0.29) is 17.5 Å². The summed E-state index contributed by atoms with van der Waals surface area (Å²) in [6.07, 6.45) is 1.46. The molecule has 1 aromatic heterocycles. The molecule has 1 aliphatic heterocycles. The van der Waals surface area contributed by atoms with Gasteiger partial charge in [-0.3, -0.25) is 0 Å². The molecule has 1 aliphatic rings. The molecule has 3 rings (SSSR count). The van der Waals surface area contributed by atoms with E-state index in [0.29, 0.717) is 17.8 Å². The van der Waals surface area contributed by atoms with E-state index in [1.54, 1.807) is 24.3 Å². The minimum Gasteiger partial charge on any atom is -0.395 e. The third kappa shape index (κ3) is 3.50. The lowest BCUT2D eigenvalue weighted by Gasteiger charge is -2.22. The minimum atomic E-state index is -3.60. The highest BCUT2D eigenvalue weighted by Gasteiger charge is 2.34. The van der Waals surface area contributed by atoms with Gasteiger partial charge in [0, 0.05) is 17.5 Å². The largest absolute Gasteiger partial charge is 0.395 e. The molecule has 1 unspecified atom stereocenters. The van der Waals surface area contributed by atoms with Crippen molar-refractivity contribution in [3.63, 3.8) is 0 Å². The highest BCUT2D eigenvalue weighted by atomic mass is 32.2. The lowest BCUT2D eigenvalue weighted by atomic mass is 10.2. The van der Waals surface area contributed by atoms with E-state index in [2.05, 4.69) is 6.07 Å². The number of aliphatic hydroxyl groups is 1. The van der Waals surface area contributed by atoms with Gasteiger partial charge < -0.3 is 5.11 Å². The molecule has 1 atom stereocenters. The Kier molecular flexibility index (Phi) is 5.27. The zero-order valence-corrected chi connectivity index (χ0v) is 15.2. The fourth-order valence-corrected chi connectivity index (χ4v) is 6.46. The van der Waals surface area contributed by atoms with Crippen molar-refractivity contribution in [2.24, 2.45) is 0 Å². The summed E-state index contributed by atoms with van der Waals surface area (Å²) in [5, 5.41) is 18.3. The lowest BCUT2D eigenvalue weighted by molar-refractivity contribution is 0.213. The van der Waals surface area contributed by atoms with Gasteiger partial charge >= 0.3 is 0 Å². The summed E-state index contributed by atoms with van der Waals surface area (Å²) in [7, 11) is -3.60. The quantitative estimate of drug-likeness (QED) is 0.862. The molecule has 5 nitrogen and oxygen atoms in total. The first-order chi connectivity index (χ1) is 11.5. The van der Waals surface area contributed by atoms with Gasteiger partial charge in [-0.1, -0.05) is 17.8 Å². The molecule has 24 heavy (non-hydrogen) atoms. The van der Waals surface area contributed by atoms with Gasteiger partial charge in [0.1, 0.15) is 10.9 Å². The average Bonchev–Trinajstić information content (AvgIpc) is 3.24. The standard InChI is InChI=1S/C16H16N2O3S3/c17-10-14-6-7-16(23-14)22-13-4-1-5-15(9-13)24(20,21)18-8-2-3-12(18)11-19/h1,4-7,9,12,19H,2-3,8,11H2. The number of sulfonamides is 1. The summed E-state index contributed by atoms with van der Waals surface area (Å²) >= 11 is 2.82. The number of benzene rings is 1. The van der Waals surface area contributed by atoms with E-state index in [1.807, 2.05) is 12.1 Å². The molecule has 1 aromatic carbocycles. The summed E-state index contributed by atoms with van der Waals surface area (Å²) < 4.78 is 28.0. The van der Waals surface area contributed by atoms with Gasteiger partial charge in [0.15, 0.2) is 0 Å². The van der Waals surface area contributed by atoms with Crippen LogP contribution in [0.1, 0.15) is 17.7 Å². The third-order valence-electron chi connectivity index (χ3n) is 3.86. The van der Waals surface area contributed by atoms with Crippen LogP contribution in [0.2, 0.25) is 0 Å². The van der Waals surface area contributed by atoms with Crippen LogP contribution in [-0.4, -0.2) is 37.0 Å². The SMILES string of the molecule is N#Cc1ccc(Sc2cccc(S(=O)(=O)N3CCCC3CO)c2)s1. The second kappa shape index (κ2) is 7.25. The van der Waals surface area contributed by atoms with Crippen LogP contribution in [0.4, 0.5) is 0 Å². The number of thiophene rings is 1. The van der Waals surface area contributed by atoms with Crippen LogP contribution in [0.3, 0.4) is 0 Å². The summed E-state index contributed by atoms with van der Waals surface area (Å²) in [4.78, 5) is 1.68. The summed E-state index contributed by atoms with van der Waals surface area (Å²) in [6, 6.07) is 12.2. The fourth-order valence-electron chi connectivity index (χ4n) is 2.69. The Bertz CT molecular complexity index is 871. The highest BCUT2D eigenvalue weighted by molar-refractivity contribution is 8.01. The second-order valence-corrected chi connectivity index (χ2v) is 9.75. The van der Waals surface area contributed by atoms with Crippen molar-refractivity contribution in [2.75, 3.05) is 13.2 Å². The van der Waals surface area contributed by atoms with Crippen molar-refractivity contribution in [3.8, 4) is 6.07 Å². The Morgan fingerprint density at radius 1 is 1.38 bits per heavy atom. The topological polar surface area (TPSA) is 81.4 Å². The minimum absolute atomic E-state index is 0.153. The maximum atomic E-state index is 12.8. The molecular weight excluding hydrogens is 364 g/mol. The van der Waals surface area contributed by atoms with Crippen LogP contribution in [-0.2, 0) is 10.0 Å². The van der Waals surface area contributed by atoms with E-state index >= 15 is 0 Å². The number of aliphatic hydroxyl groups excluding tert-OH is 1. The van der Waals surface area contributed by atoms with Crippen LogP contribution in [0.5, 0.6) is 0 Å². The predicted octanol–water partition coefficient (Wildman–Crippen LogP) is 2.92. The number of hydrogen-bond acceptors (Lipinski definition) is 6. The van der Waals surface area contributed by atoms with Crippen molar-refractivity contribution in [2.45, 2.75) is 32.9 Å². The molecule has 126 valence electrons. The van der Waals surface area contributed by atoms with E-state index in [4.69, 9.17) is 5.26 Å². The molecule has 0 saturated carbocycles. The predicted molar refractivity (Wildman–Crippen MR) is 93.6 cm³/mol.